The minimum Gasteiger partial charge on any atom is -0.493 e. The van der Waals surface area contributed by atoms with Crippen molar-refractivity contribution in [1.82, 2.24) is 10.6 Å². The molecule has 2 amide bonds. The summed E-state index contributed by atoms with van der Waals surface area (Å²) in [6, 6.07) is 9.83. The van der Waals surface area contributed by atoms with Gasteiger partial charge in [-0.05, 0) is 69.7 Å². The van der Waals surface area contributed by atoms with Gasteiger partial charge in [0.05, 0.1) is 27.4 Å². The Kier molecular flexibility index (Phi) is 7.32. The Balaban J connectivity index is 2.15. The molecule has 1 unspecified atom stereocenters. The Morgan fingerprint density at radius 1 is 0.833 bits per heavy atom. The summed E-state index contributed by atoms with van der Waals surface area (Å²) in [5.74, 6) is 1.09. The summed E-state index contributed by atoms with van der Waals surface area (Å²) in [5, 5.41) is 5.84. The van der Waals surface area contributed by atoms with Crippen LogP contribution in [0.5, 0.6) is 17.2 Å². The first-order valence-corrected chi connectivity index (χ1v) is 9.63. The van der Waals surface area contributed by atoms with Crippen LogP contribution in [0.3, 0.4) is 0 Å². The topological polar surface area (TPSA) is 85.9 Å². The number of benzene rings is 2. The number of methoxy groups -OCH3 is 3. The summed E-state index contributed by atoms with van der Waals surface area (Å²) in [6.07, 6.45) is 0. The number of hydrogen-bond acceptors (Lipinski definition) is 5. The predicted octanol–water partition coefficient (Wildman–Crippen LogP) is 3.73. The van der Waals surface area contributed by atoms with E-state index >= 15 is 0 Å². The summed E-state index contributed by atoms with van der Waals surface area (Å²) in [6.45, 7) is 7.61. The minimum atomic E-state index is -0.330. The maximum absolute atomic E-state index is 12.7. The molecule has 162 valence electrons. The van der Waals surface area contributed by atoms with E-state index in [1.807, 2.05) is 27.7 Å². The molecule has 7 nitrogen and oxygen atoms in total. The van der Waals surface area contributed by atoms with Gasteiger partial charge < -0.3 is 24.8 Å². The van der Waals surface area contributed by atoms with Crippen molar-refractivity contribution >= 4 is 11.8 Å². The van der Waals surface area contributed by atoms with Crippen LogP contribution in [-0.4, -0.2) is 38.7 Å². The fourth-order valence-corrected chi connectivity index (χ4v) is 2.90. The molecule has 0 aromatic heterocycles. The Labute approximate surface area is 177 Å². The number of ether oxygens (including phenoxy) is 3. The van der Waals surface area contributed by atoms with E-state index in [1.54, 1.807) is 50.6 Å². The van der Waals surface area contributed by atoms with Crippen LogP contribution in [0.1, 0.15) is 60.0 Å². The van der Waals surface area contributed by atoms with E-state index in [-0.39, 0.29) is 23.4 Å². The highest BCUT2D eigenvalue weighted by molar-refractivity contribution is 5.98. The van der Waals surface area contributed by atoms with E-state index in [1.165, 1.54) is 7.11 Å². The molecule has 0 saturated heterocycles. The molecule has 0 spiro atoms. The van der Waals surface area contributed by atoms with Gasteiger partial charge in [-0.2, -0.15) is 0 Å². The van der Waals surface area contributed by atoms with Crippen molar-refractivity contribution in [2.45, 2.75) is 39.3 Å². The first-order valence-electron chi connectivity index (χ1n) is 9.63. The van der Waals surface area contributed by atoms with E-state index in [9.17, 15) is 9.59 Å². The molecular weight excluding hydrogens is 384 g/mol. The minimum absolute atomic E-state index is 0.180. The van der Waals surface area contributed by atoms with Crippen molar-refractivity contribution in [2.24, 2.45) is 0 Å². The molecule has 1 atom stereocenters. The number of nitrogens with one attached hydrogen (secondary N) is 2. The van der Waals surface area contributed by atoms with E-state index in [4.69, 9.17) is 14.2 Å². The summed E-state index contributed by atoms with van der Waals surface area (Å²) in [7, 11) is 4.63. The number of carbonyl (C=O) groups excluding carboxylic acids is 2. The summed E-state index contributed by atoms with van der Waals surface area (Å²) in [4.78, 5) is 24.9. The van der Waals surface area contributed by atoms with E-state index < -0.39 is 0 Å². The molecule has 0 bridgehead atoms. The molecule has 2 aromatic rings. The van der Waals surface area contributed by atoms with E-state index in [0.717, 1.165) is 5.56 Å². The largest absolute Gasteiger partial charge is 0.493 e. The molecule has 0 radical (unpaired) electrons. The lowest BCUT2D eigenvalue weighted by Crippen LogP contribution is -2.40. The maximum Gasteiger partial charge on any atom is 0.251 e. The lowest BCUT2D eigenvalue weighted by molar-refractivity contribution is 0.0913. The summed E-state index contributed by atoms with van der Waals surface area (Å²) in [5.41, 5.74) is 1.43. The second-order valence-electron chi connectivity index (χ2n) is 7.94. The summed E-state index contributed by atoms with van der Waals surface area (Å²) >= 11 is 0. The van der Waals surface area contributed by atoms with Crippen molar-refractivity contribution in [3.8, 4) is 17.2 Å². The van der Waals surface area contributed by atoms with Crippen molar-refractivity contribution in [3.63, 3.8) is 0 Å². The first kappa shape index (κ1) is 23.1. The van der Waals surface area contributed by atoms with Gasteiger partial charge in [-0.15, -0.1) is 0 Å². The molecule has 2 rings (SSSR count). The van der Waals surface area contributed by atoms with Gasteiger partial charge >= 0.3 is 0 Å². The molecule has 30 heavy (non-hydrogen) atoms. The predicted molar refractivity (Wildman–Crippen MR) is 116 cm³/mol. The Hall–Kier alpha value is -3.22. The molecule has 0 saturated carbocycles. The molecule has 7 heteroatoms. The summed E-state index contributed by atoms with van der Waals surface area (Å²) < 4.78 is 16.1. The van der Waals surface area contributed by atoms with Gasteiger partial charge in [-0.3, -0.25) is 9.59 Å². The lowest BCUT2D eigenvalue weighted by atomic mass is 10.0. The third-order valence-electron chi connectivity index (χ3n) is 4.43. The fraction of sp³-hybridized carbons (Fsp3) is 0.391. The number of rotatable bonds is 7. The normalized spacial score (nSPS) is 12.0. The van der Waals surface area contributed by atoms with Crippen molar-refractivity contribution in [2.75, 3.05) is 21.3 Å². The quantitative estimate of drug-likeness (QED) is 0.721. The van der Waals surface area contributed by atoms with Crippen LogP contribution in [-0.2, 0) is 0 Å². The zero-order chi connectivity index (χ0) is 22.5. The highest BCUT2D eigenvalue weighted by Crippen LogP contribution is 2.39. The Morgan fingerprint density at radius 3 is 1.70 bits per heavy atom. The van der Waals surface area contributed by atoms with E-state index in [0.29, 0.717) is 28.4 Å². The van der Waals surface area contributed by atoms with Crippen molar-refractivity contribution in [1.29, 1.82) is 0 Å². The first-order chi connectivity index (χ1) is 14.1. The standard InChI is InChI=1S/C23H30N2O5/c1-14(17-12-18(28-5)20(30-7)19(13-17)29-6)24-21(26)15-8-10-16(11-9-15)22(27)25-23(2,3)4/h8-14H,1-7H3,(H,24,26)(H,25,27). The molecule has 0 aliphatic rings. The third-order valence-corrected chi connectivity index (χ3v) is 4.43. The van der Waals surface area contributed by atoms with E-state index in [2.05, 4.69) is 10.6 Å². The average Bonchev–Trinajstić information content (AvgIpc) is 2.71. The van der Waals surface area contributed by atoms with Gasteiger partial charge in [0.25, 0.3) is 11.8 Å². The molecule has 2 aromatic carbocycles. The molecule has 2 N–H and O–H groups in total. The average molecular weight is 415 g/mol. The van der Waals surface area contributed by atoms with Gasteiger partial charge in [0.2, 0.25) is 5.75 Å². The molecular formula is C23H30N2O5. The lowest BCUT2D eigenvalue weighted by Gasteiger charge is -2.20. The van der Waals surface area contributed by atoms with Crippen LogP contribution in [0.2, 0.25) is 0 Å². The van der Waals surface area contributed by atoms with Gasteiger partial charge in [0, 0.05) is 16.7 Å². The number of carbonyl (C=O) groups is 2. The Morgan fingerprint density at radius 2 is 1.30 bits per heavy atom. The van der Waals surface area contributed by atoms with Gasteiger partial charge in [0.1, 0.15) is 0 Å². The van der Waals surface area contributed by atoms with Crippen LogP contribution in [0, 0.1) is 0 Å². The monoisotopic (exact) mass is 414 g/mol. The number of amides is 2. The van der Waals surface area contributed by atoms with Crippen molar-refractivity contribution in [3.05, 3.63) is 53.1 Å². The molecule has 0 fully saturated rings. The second kappa shape index (κ2) is 9.52. The smallest absolute Gasteiger partial charge is 0.251 e. The highest BCUT2D eigenvalue weighted by atomic mass is 16.5. The van der Waals surface area contributed by atoms with Crippen molar-refractivity contribution < 1.29 is 23.8 Å². The van der Waals surface area contributed by atoms with Gasteiger partial charge in [-0.25, -0.2) is 0 Å². The fourth-order valence-electron chi connectivity index (χ4n) is 2.90. The molecule has 0 aliphatic carbocycles. The number of hydrogen-bond donors (Lipinski definition) is 2. The van der Waals surface area contributed by atoms with Crippen LogP contribution >= 0.6 is 0 Å². The maximum atomic E-state index is 12.7. The van der Waals surface area contributed by atoms with Crippen LogP contribution in [0.15, 0.2) is 36.4 Å². The second-order valence-corrected chi connectivity index (χ2v) is 7.94. The molecule has 0 heterocycles. The third kappa shape index (κ3) is 5.65. The van der Waals surface area contributed by atoms with Gasteiger partial charge in [-0.1, -0.05) is 0 Å². The zero-order valence-electron chi connectivity index (χ0n) is 18.6. The van der Waals surface area contributed by atoms with Crippen LogP contribution in [0.4, 0.5) is 0 Å². The zero-order valence-corrected chi connectivity index (χ0v) is 18.6. The van der Waals surface area contributed by atoms with Gasteiger partial charge in [0.15, 0.2) is 11.5 Å². The SMILES string of the molecule is COc1cc(C(C)NC(=O)c2ccc(C(=O)NC(C)(C)C)cc2)cc(OC)c1OC. The Bertz CT molecular complexity index is 876. The molecule has 0 aliphatic heterocycles. The van der Waals surface area contributed by atoms with Crippen LogP contribution in [0.25, 0.3) is 0 Å². The van der Waals surface area contributed by atoms with Crippen LogP contribution < -0.4 is 24.8 Å². The highest BCUT2D eigenvalue weighted by Gasteiger charge is 2.19.